The van der Waals surface area contributed by atoms with Crippen LogP contribution in [0.15, 0.2) is 6.33 Å². The van der Waals surface area contributed by atoms with Crippen molar-refractivity contribution in [1.82, 2.24) is 29.5 Å². The third-order valence-electron chi connectivity index (χ3n) is 6.66. The molecule has 156 valence electrons. The third-order valence-corrected chi connectivity index (χ3v) is 6.66. The summed E-state index contributed by atoms with van der Waals surface area (Å²) in [5, 5.41) is 7.49. The second-order valence-corrected chi connectivity index (χ2v) is 8.71. The molecule has 2 amide bonds. The van der Waals surface area contributed by atoms with Gasteiger partial charge in [0.05, 0.1) is 6.04 Å². The summed E-state index contributed by atoms with van der Waals surface area (Å²) in [6.45, 7) is 6.06. The van der Waals surface area contributed by atoms with E-state index in [1.54, 1.807) is 6.33 Å². The summed E-state index contributed by atoms with van der Waals surface area (Å²) in [5.74, 6) is 0.441. The Balaban J connectivity index is 1.33. The molecule has 1 aromatic rings. The molecule has 0 aromatic carbocycles. The van der Waals surface area contributed by atoms with Gasteiger partial charge in [-0.1, -0.05) is 25.7 Å². The van der Waals surface area contributed by atoms with Gasteiger partial charge >= 0.3 is 6.03 Å². The number of likely N-dealkylation sites (tertiary alicyclic amines) is 1. The number of amides is 2. The molecule has 2 saturated heterocycles. The number of anilines is 1. The zero-order valence-corrected chi connectivity index (χ0v) is 17.2. The van der Waals surface area contributed by atoms with Crippen LogP contribution in [0, 0.1) is 0 Å². The van der Waals surface area contributed by atoms with Crippen LogP contribution in [0.5, 0.6) is 0 Å². The van der Waals surface area contributed by atoms with E-state index in [9.17, 15) is 4.79 Å². The van der Waals surface area contributed by atoms with E-state index in [2.05, 4.69) is 32.2 Å². The molecule has 0 radical (unpaired) electrons. The van der Waals surface area contributed by atoms with Crippen LogP contribution in [0.25, 0.3) is 0 Å². The second kappa shape index (κ2) is 9.22. The standard InChI is InChI=1S/C20H35N7O/c1-24-11-13-25(14-12-24)18-9-5-6-10-26(15-18)20(28)22-19-21-16-27(23-19)17-7-3-2-4-8-17/h16-18H,2-15H2,1H3,(H,22,23,28). The van der Waals surface area contributed by atoms with Gasteiger partial charge in [-0.2, -0.15) is 0 Å². The SMILES string of the molecule is CN1CCN(C2CCCCN(C(=O)Nc3ncn(C4CCCCC4)n3)C2)CC1. The quantitative estimate of drug-likeness (QED) is 0.860. The highest BCUT2D eigenvalue weighted by Gasteiger charge is 2.28. The normalized spacial score (nSPS) is 26.2. The van der Waals surface area contributed by atoms with E-state index >= 15 is 0 Å². The number of hydrogen-bond donors (Lipinski definition) is 1. The molecule has 8 nitrogen and oxygen atoms in total. The Kier molecular flexibility index (Phi) is 6.47. The van der Waals surface area contributed by atoms with Crippen molar-refractivity contribution in [3.63, 3.8) is 0 Å². The summed E-state index contributed by atoms with van der Waals surface area (Å²) >= 11 is 0. The molecule has 1 aromatic heterocycles. The van der Waals surface area contributed by atoms with Crippen LogP contribution < -0.4 is 5.32 Å². The molecule has 1 unspecified atom stereocenters. The zero-order chi connectivity index (χ0) is 19.3. The fraction of sp³-hybridized carbons (Fsp3) is 0.850. The second-order valence-electron chi connectivity index (χ2n) is 8.71. The van der Waals surface area contributed by atoms with Gasteiger partial charge in [-0.15, -0.1) is 5.10 Å². The predicted octanol–water partition coefficient (Wildman–Crippen LogP) is 2.42. The molecule has 1 atom stereocenters. The van der Waals surface area contributed by atoms with Crippen LogP contribution in [0.4, 0.5) is 10.7 Å². The van der Waals surface area contributed by atoms with Gasteiger partial charge in [-0.25, -0.2) is 14.5 Å². The Labute approximate surface area is 168 Å². The average molecular weight is 390 g/mol. The minimum absolute atomic E-state index is 0.0533. The maximum atomic E-state index is 12.9. The van der Waals surface area contributed by atoms with Crippen molar-refractivity contribution in [2.75, 3.05) is 51.6 Å². The lowest BCUT2D eigenvalue weighted by molar-refractivity contribution is 0.0948. The molecular weight excluding hydrogens is 354 g/mol. The minimum Gasteiger partial charge on any atom is -0.323 e. The Morgan fingerprint density at radius 3 is 2.46 bits per heavy atom. The number of urea groups is 1. The predicted molar refractivity (Wildman–Crippen MR) is 109 cm³/mol. The first-order valence-corrected chi connectivity index (χ1v) is 11.1. The van der Waals surface area contributed by atoms with E-state index in [4.69, 9.17) is 0 Å². The number of piperazine rings is 1. The lowest BCUT2D eigenvalue weighted by Gasteiger charge is -2.39. The van der Waals surface area contributed by atoms with Crippen molar-refractivity contribution < 1.29 is 4.79 Å². The van der Waals surface area contributed by atoms with Crippen molar-refractivity contribution >= 4 is 12.0 Å². The van der Waals surface area contributed by atoms with Crippen LogP contribution in [-0.4, -0.2) is 87.9 Å². The van der Waals surface area contributed by atoms with Gasteiger partial charge in [0.2, 0.25) is 5.95 Å². The summed E-state index contributed by atoms with van der Waals surface area (Å²) in [7, 11) is 2.18. The van der Waals surface area contributed by atoms with E-state index in [0.717, 1.165) is 58.5 Å². The van der Waals surface area contributed by atoms with Crippen LogP contribution in [0.3, 0.4) is 0 Å². The largest absolute Gasteiger partial charge is 0.324 e. The summed E-state index contributed by atoms with van der Waals surface area (Å²) in [6, 6.07) is 0.851. The molecule has 3 fully saturated rings. The number of nitrogens with one attached hydrogen (secondary N) is 1. The number of rotatable bonds is 3. The molecule has 0 bridgehead atoms. The van der Waals surface area contributed by atoms with Crippen molar-refractivity contribution in [1.29, 1.82) is 0 Å². The first-order chi connectivity index (χ1) is 13.7. The smallest absolute Gasteiger partial charge is 0.323 e. The lowest BCUT2D eigenvalue weighted by Crippen LogP contribution is -2.52. The monoisotopic (exact) mass is 389 g/mol. The molecule has 1 N–H and O–H groups in total. The molecule has 1 saturated carbocycles. The number of nitrogens with zero attached hydrogens (tertiary/aromatic N) is 6. The average Bonchev–Trinajstić information content (AvgIpc) is 3.04. The van der Waals surface area contributed by atoms with Gasteiger partial charge in [0.25, 0.3) is 0 Å². The third kappa shape index (κ3) is 4.84. The molecule has 0 spiro atoms. The Morgan fingerprint density at radius 2 is 1.68 bits per heavy atom. The molecule has 8 heteroatoms. The van der Waals surface area contributed by atoms with E-state index in [1.807, 2.05) is 9.58 Å². The van der Waals surface area contributed by atoms with Crippen molar-refractivity contribution in [3.8, 4) is 0 Å². The van der Waals surface area contributed by atoms with Crippen LogP contribution in [0.2, 0.25) is 0 Å². The van der Waals surface area contributed by atoms with Crippen LogP contribution in [-0.2, 0) is 0 Å². The Bertz CT molecular complexity index is 634. The van der Waals surface area contributed by atoms with Gasteiger partial charge < -0.3 is 9.80 Å². The van der Waals surface area contributed by atoms with E-state index in [-0.39, 0.29) is 6.03 Å². The molecule has 2 aliphatic heterocycles. The molecule has 1 aliphatic carbocycles. The minimum atomic E-state index is -0.0533. The number of hydrogen-bond acceptors (Lipinski definition) is 5. The molecule has 28 heavy (non-hydrogen) atoms. The first kappa shape index (κ1) is 19.6. The van der Waals surface area contributed by atoms with Gasteiger partial charge in [-0.05, 0) is 32.7 Å². The Hall–Kier alpha value is -1.67. The highest BCUT2D eigenvalue weighted by Crippen LogP contribution is 2.27. The van der Waals surface area contributed by atoms with Gasteiger partial charge in [0.1, 0.15) is 6.33 Å². The van der Waals surface area contributed by atoms with E-state index in [0.29, 0.717) is 18.0 Å². The van der Waals surface area contributed by atoms with E-state index < -0.39 is 0 Å². The molecular formula is C20H35N7O. The highest BCUT2D eigenvalue weighted by atomic mass is 16.2. The van der Waals surface area contributed by atoms with Crippen LogP contribution in [0.1, 0.15) is 57.4 Å². The van der Waals surface area contributed by atoms with Crippen LogP contribution >= 0.6 is 0 Å². The Morgan fingerprint density at radius 1 is 0.964 bits per heavy atom. The molecule has 3 heterocycles. The summed E-state index contributed by atoms with van der Waals surface area (Å²) in [5.41, 5.74) is 0. The number of likely N-dealkylation sites (N-methyl/N-ethyl adjacent to an activating group) is 1. The van der Waals surface area contributed by atoms with Crippen molar-refractivity contribution in [2.24, 2.45) is 0 Å². The summed E-state index contributed by atoms with van der Waals surface area (Å²) in [4.78, 5) is 24.2. The fourth-order valence-electron chi connectivity index (χ4n) is 4.82. The van der Waals surface area contributed by atoms with Crippen molar-refractivity contribution in [2.45, 2.75) is 63.5 Å². The lowest BCUT2D eigenvalue weighted by atomic mass is 9.96. The van der Waals surface area contributed by atoms with E-state index in [1.165, 1.54) is 32.1 Å². The van der Waals surface area contributed by atoms with Crippen molar-refractivity contribution in [3.05, 3.63) is 6.33 Å². The number of carbonyl (C=O) groups is 1. The first-order valence-electron chi connectivity index (χ1n) is 11.1. The summed E-state index contributed by atoms with van der Waals surface area (Å²) in [6.07, 6.45) is 11.4. The highest BCUT2D eigenvalue weighted by molar-refractivity contribution is 5.87. The topological polar surface area (TPSA) is 69.5 Å². The van der Waals surface area contributed by atoms with Gasteiger partial charge in [0.15, 0.2) is 0 Å². The van der Waals surface area contributed by atoms with Gasteiger partial charge in [0, 0.05) is 45.3 Å². The summed E-state index contributed by atoms with van der Waals surface area (Å²) < 4.78 is 1.95. The maximum absolute atomic E-state index is 12.9. The maximum Gasteiger partial charge on any atom is 0.324 e. The fourth-order valence-corrected chi connectivity index (χ4v) is 4.82. The number of carbonyl (C=O) groups excluding carboxylic acids is 1. The molecule has 4 rings (SSSR count). The van der Waals surface area contributed by atoms with Gasteiger partial charge in [-0.3, -0.25) is 10.2 Å². The molecule has 3 aliphatic rings. The zero-order valence-electron chi connectivity index (χ0n) is 17.2. The number of aromatic nitrogens is 3.